The smallest absolute Gasteiger partial charge is 0.0660 e. The largest absolute Gasteiger partial charge is 0.380 e. The monoisotopic (exact) mass is 216 g/mol. The standard InChI is InChI=1S/C10H22N2O.C2H6/c1-4-13-9-10(8-12(2)3)6-5-7-11-10;1-2/h11H,4-9H2,1-3H3;1-2H3. The van der Waals surface area contributed by atoms with E-state index in [0.717, 1.165) is 26.3 Å². The van der Waals surface area contributed by atoms with Gasteiger partial charge in [-0.2, -0.15) is 0 Å². The zero-order chi connectivity index (χ0) is 11.7. The van der Waals surface area contributed by atoms with E-state index < -0.39 is 0 Å². The summed E-state index contributed by atoms with van der Waals surface area (Å²) in [7, 11) is 4.24. The fourth-order valence-corrected chi connectivity index (χ4v) is 2.08. The van der Waals surface area contributed by atoms with Crippen LogP contribution in [0.4, 0.5) is 0 Å². The molecule has 0 amide bonds. The van der Waals surface area contributed by atoms with Crippen molar-refractivity contribution in [3.05, 3.63) is 0 Å². The van der Waals surface area contributed by atoms with Crippen LogP contribution < -0.4 is 5.32 Å². The Morgan fingerprint density at radius 3 is 2.40 bits per heavy atom. The molecule has 1 fully saturated rings. The Hall–Kier alpha value is -0.120. The summed E-state index contributed by atoms with van der Waals surface area (Å²) in [5.41, 5.74) is 0.222. The topological polar surface area (TPSA) is 24.5 Å². The molecular formula is C12H28N2O. The first kappa shape index (κ1) is 14.9. The van der Waals surface area contributed by atoms with Gasteiger partial charge in [0.05, 0.1) is 12.1 Å². The third-order valence-corrected chi connectivity index (χ3v) is 2.53. The van der Waals surface area contributed by atoms with Gasteiger partial charge in [-0.1, -0.05) is 13.8 Å². The molecule has 0 aliphatic carbocycles. The minimum Gasteiger partial charge on any atom is -0.380 e. The Bertz CT molecular complexity index is 143. The maximum Gasteiger partial charge on any atom is 0.0660 e. The van der Waals surface area contributed by atoms with Gasteiger partial charge in [-0.3, -0.25) is 0 Å². The molecule has 1 unspecified atom stereocenters. The van der Waals surface area contributed by atoms with Crippen LogP contribution in [0.25, 0.3) is 0 Å². The van der Waals surface area contributed by atoms with E-state index in [1.165, 1.54) is 12.8 Å². The summed E-state index contributed by atoms with van der Waals surface area (Å²) in [6.07, 6.45) is 2.52. The van der Waals surface area contributed by atoms with Gasteiger partial charge in [0.15, 0.2) is 0 Å². The van der Waals surface area contributed by atoms with Gasteiger partial charge in [0, 0.05) is 13.2 Å². The normalized spacial score (nSPS) is 25.2. The first-order valence-corrected chi connectivity index (χ1v) is 6.16. The fourth-order valence-electron chi connectivity index (χ4n) is 2.08. The molecule has 0 aromatic rings. The fraction of sp³-hybridized carbons (Fsp3) is 1.00. The highest BCUT2D eigenvalue weighted by molar-refractivity contribution is 4.94. The van der Waals surface area contributed by atoms with E-state index in [1.807, 2.05) is 13.8 Å². The average Bonchev–Trinajstić information content (AvgIpc) is 2.66. The highest BCUT2D eigenvalue weighted by Gasteiger charge is 2.33. The van der Waals surface area contributed by atoms with Crippen LogP contribution in [0.2, 0.25) is 0 Å². The molecule has 0 saturated carbocycles. The lowest BCUT2D eigenvalue weighted by atomic mass is 9.98. The van der Waals surface area contributed by atoms with Crippen molar-refractivity contribution in [2.24, 2.45) is 0 Å². The van der Waals surface area contributed by atoms with Crippen molar-refractivity contribution >= 4 is 0 Å². The second-order valence-electron chi connectivity index (χ2n) is 4.19. The molecule has 0 bridgehead atoms. The zero-order valence-corrected chi connectivity index (χ0v) is 11.1. The average molecular weight is 216 g/mol. The first-order chi connectivity index (χ1) is 7.18. The predicted molar refractivity (Wildman–Crippen MR) is 66.4 cm³/mol. The molecule has 92 valence electrons. The number of hydrogen-bond acceptors (Lipinski definition) is 3. The van der Waals surface area contributed by atoms with E-state index in [9.17, 15) is 0 Å². The summed E-state index contributed by atoms with van der Waals surface area (Å²) in [5, 5.41) is 3.57. The summed E-state index contributed by atoms with van der Waals surface area (Å²) >= 11 is 0. The van der Waals surface area contributed by atoms with E-state index >= 15 is 0 Å². The number of rotatable bonds is 5. The van der Waals surface area contributed by atoms with Crippen molar-refractivity contribution in [1.29, 1.82) is 0 Å². The minimum absolute atomic E-state index is 0.222. The van der Waals surface area contributed by atoms with Crippen LogP contribution in [0.3, 0.4) is 0 Å². The van der Waals surface area contributed by atoms with Gasteiger partial charge in [0.2, 0.25) is 0 Å². The molecule has 1 heterocycles. The van der Waals surface area contributed by atoms with Gasteiger partial charge in [0.25, 0.3) is 0 Å². The Morgan fingerprint density at radius 2 is 2.00 bits per heavy atom. The maximum absolute atomic E-state index is 5.53. The highest BCUT2D eigenvalue weighted by atomic mass is 16.5. The molecular weight excluding hydrogens is 188 g/mol. The van der Waals surface area contributed by atoms with Gasteiger partial charge in [-0.15, -0.1) is 0 Å². The van der Waals surface area contributed by atoms with Gasteiger partial charge < -0.3 is 15.0 Å². The quantitative estimate of drug-likeness (QED) is 0.757. The molecule has 1 aliphatic heterocycles. The summed E-state index contributed by atoms with van der Waals surface area (Å²) < 4.78 is 5.53. The maximum atomic E-state index is 5.53. The lowest BCUT2D eigenvalue weighted by Gasteiger charge is -2.32. The third kappa shape index (κ3) is 5.50. The minimum atomic E-state index is 0.222. The Labute approximate surface area is 95.2 Å². The summed E-state index contributed by atoms with van der Waals surface area (Å²) in [5.74, 6) is 0. The second kappa shape index (κ2) is 8.08. The molecule has 1 rings (SSSR count). The summed E-state index contributed by atoms with van der Waals surface area (Å²) in [4.78, 5) is 2.23. The number of ether oxygens (including phenoxy) is 1. The molecule has 0 aromatic carbocycles. The summed E-state index contributed by atoms with van der Waals surface area (Å²) in [6, 6.07) is 0. The van der Waals surface area contributed by atoms with Crippen LogP contribution in [0.15, 0.2) is 0 Å². The van der Waals surface area contributed by atoms with Crippen molar-refractivity contribution in [1.82, 2.24) is 10.2 Å². The number of nitrogens with zero attached hydrogens (tertiary/aromatic N) is 1. The SMILES string of the molecule is CC.CCOCC1(CN(C)C)CCCN1. The van der Waals surface area contributed by atoms with Gasteiger partial charge in [0.1, 0.15) is 0 Å². The molecule has 0 spiro atoms. The molecule has 3 nitrogen and oxygen atoms in total. The van der Waals surface area contributed by atoms with E-state index in [1.54, 1.807) is 0 Å². The number of likely N-dealkylation sites (N-methyl/N-ethyl adjacent to an activating group) is 1. The number of nitrogens with one attached hydrogen (secondary N) is 1. The second-order valence-corrected chi connectivity index (χ2v) is 4.19. The van der Waals surface area contributed by atoms with Crippen LogP contribution in [-0.2, 0) is 4.74 Å². The zero-order valence-electron chi connectivity index (χ0n) is 11.1. The summed E-state index contributed by atoms with van der Waals surface area (Å²) in [6.45, 7) is 9.94. The van der Waals surface area contributed by atoms with Crippen molar-refractivity contribution in [3.63, 3.8) is 0 Å². The third-order valence-electron chi connectivity index (χ3n) is 2.53. The van der Waals surface area contributed by atoms with Gasteiger partial charge >= 0.3 is 0 Å². The Morgan fingerprint density at radius 1 is 1.33 bits per heavy atom. The highest BCUT2D eigenvalue weighted by Crippen LogP contribution is 2.20. The van der Waals surface area contributed by atoms with E-state index in [-0.39, 0.29) is 5.54 Å². The van der Waals surface area contributed by atoms with Crippen LogP contribution in [-0.4, -0.2) is 50.8 Å². The Balaban J connectivity index is 0.000000921. The van der Waals surface area contributed by atoms with Crippen molar-refractivity contribution in [2.75, 3.05) is 40.4 Å². The predicted octanol–water partition coefficient (Wildman–Crippen LogP) is 1.73. The molecule has 1 N–H and O–H groups in total. The van der Waals surface area contributed by atoms with Crippen molar-refractivity contribution < 1.29 is 4.74 Å². The molecule has 15 heavy (non-hydrogen) atoms. The van der Waals surface area contributed by atoms with Crippen molar-refractivity contribution in [2.45, 2.75) is 39.2 Å². The van der Waals surface area contributed by atoms with Crippen LogP contribution in [0.1, 0.15) is 33.6 Å². The van der Waals surface area contributed by atoms with Crippen LogP contribution >= 0.6 is 0 Å². The van der Waals surface area contributed by atoms with Gasteiger partial charge in [-0.25, -0.2) is 0 Å². The molecule has 3 heteroatoms. The molecule has 1 saturated heterocycles. The van der Waals surface area contributed by atoms with Crippen LogP contribution in [0.5, 0.6) is 0 Å². The molecule has 0 radical (unpaired) electrons. The molecule has 0 aromatic heterocycles. The molecule has 1 aliphatic rings. The Kier molecular flexibility index (Phi) is 8.02. The van der Waals surface area contributed by atoms with E-state index in [0.29, 0.717) is 0 Å². The lowest BCUT2D eigenvalue weighted by molar-refractivity contribution is 0.0711. The molecule has 1 atom stereocenters. The first-order valence-electron chi connectivity index (χ1n) is 6.16. The van der Waals surface area contributed by atoms with E-state index in [2.05, 4.69) is 31.2 Å². The lowest BCUT2D eigenvalue weighted by Crippen LogP contribution is -2.51. The van der Waals surface area contributed by atoms with Crippen molar-refractivity contribution in [3.8, 4) is 0 Å². The number of hydrogen-bond donors (Lipinski definition) is 1. The van der Waals surface area contributed by atoms with Crippen LogP contribution in [0, 0.1) is 0 Å². The van der Waals surface area contributed by atoms with E-state index in [4.69, 9.17) is 4.74 Å². The van der Waals surface area contributed by atoms with Gasteiger partial charge in [-0.05, 0) is 40.4 Å².